The highest BCUT2D eigenvalue weighted by Gasteiger charge is 2.24. The number of hydrogen-bond donors (Lipinski definition) is 0. The van der Waals surface area contributed by atoms with Crippen molar-refractivity contribution in [2.45, 2.75) is 26.9 Å². The lowest BCUT2D eigenvalue weighted by Crippen LogP contribution is -2.24. The number of ether oxygens (including phenoxy) is 1. The first-order valence-corrected chi connectivity index (χ1v) is 8.98. The Hall–Kier alpha value is -2.86. The van der Waals surface area contributed by atoms with E-state index in [1.807, 2.05) is 37.3 Å². The fraction of sp³-hybridized carbons (Fsp3) is 0.200. The Morgan fingerprint density at radius 1 is 1.08 bits per heavy atom. The van der Waals surface area contributed by atoms with Crippen molar-refractivity contribution in [2.75, 3.05) is 0 Å². The summed E-state index contributed by atoms with van der Waals surface area (Å²) < 4.78 is 5.37. The third kappa shape index (κ3) is 3.86. The minimum atomic E-state index is -0.870. The van der Waals surface area contributed by atoms with Crippen LogP contribution >= 0.6 is 11.3 Å². The second-order valence-corrected chi connectivity index (χ2v) is 6.93. The normalized spacial score (nSPS) is 11.8. The zero-order valence-electron chi connectivity index (χ0n) is 14.7. The molecule has 0 N–H and O–H groups in total. The minimum Gasteiger partial charge on any atom is -0.450 e. The van der Waals surface area contributed by atoms with Crippen LogP contribution in [0.3, 0.4) is 0 Å². The Kier molecular flexibility index (Phi) is 5.23. The van der Waals surface area contributed by atoms with E-state index < -0.39 is 12.1 Å². The maximum atomic E-state index is 12.5. The number of hydrogen-bond acceptors (Lipinski definition) is 6. The molecular formula is C20H18N2O3S. The summed E-state index contributed by atoms with van der Waals surface area (Å²) in [4.78, 5) is 33.9. The molecule has 0 spiro atoms. The zero-order valence-corrected chi connectivity index (χ0v) is 15.5. The van der Waals surface area contributed by atoms with Gasteiger partial charge in [0.05, 0.1) is 11.4 Å². The van der Waals surface area contributed by atoms with Crippen LogP contribution in [0.15, 0.2) is 48.7 Å². The van der Waals surface area contributed by atoms with Crippen LogP contribution in [0.25, 0.3) is 10.7 Å². The Labute approximate surface area is 155 Å². The van der Waals surface area contributed by atoms with Crippen molar-refractivity contribution in [1.82, 2.24) is 9.97 Å². The van der Waals surface area contributed by atoms with Crippen molar-refractivity contribution >= 4 is 23.1 Å². The molecule has 0 aliphatic rings. The van der Waals surface area contributed by atoms with Crippen molar-refractivity contribution in [1.29, 1.82) is 0 Å². The number of benzene rings is 1. The molecule has 1 aromatic carbocycles. The highest BCUT2D eigenvalue weighted by molar-refractivity contribution is 7.17. The second kappa shape index (κ2) is 7.58. The maximum absolute atomic E-state index is 12.5. The molecule has 0 fully saturated rings. The lowest BCUT2D eigenvalue weighted by atomic mass is 10.1. The number of aromatic nitrogens is 2. The molecule has 6 heteroatoms. The number of Topliss-reactive ketones (excluding diaryl/α,β-unsaturated/α-hetero) is 1. The fourth-order valence-electron chi connectivity index (χ4n) is 2.40. The van der Waals surface area contributed by atoms with E-state index in [1.54, 1.807) is 32.2 Å². The Balaban J connectivity index is 1.74. The monoisotopic (exact) mass is 366 g/mol. The number of aryl methyl sites for hydroxylation is 2. The van der Waals surface area contributed by atoms with Crippen LogP contribution in [-0.2, 0) is 4.74 Å². The van der Waals surface area contributed by atoms with Gasteiger partial charge >= 0.3 is 5.97 Å². The van der Waals surface area contributed by atoms with Gasteiger partial charge in [0.15, 0.2) is 6.10 Å². The highest BCUT2D eigenvalue weighted by Crippen LogP contribution is 2.27. The Morgan fingerprint density at radius 3 is 2.46 bits per heavy atom. The van der Waals surface area contributed by atoms with Gasteiger partial charge in [-0.15, -0.1) is 11.3 Å². The van der Waals surface area contributed by atoms with Crippen LogP contribution in [0.4, 0.5) is 0 Å². The van der Waals surface area contributed by atoms with E-state index in [9.17, 15) is 9.59 Å². The average Bonchev–Trinajstić information content (AvgIpc) is 3.04. The topological polar surface area (TPSA) is 69.2 Å². The summed E-state index contributed by atoms with van der Waals surface area (Å²) in [6.07, 6.45) is 0.803. The molecule has 5 nitrogen and oxygen atoms in total. The summed E-state index contributed by atoms with van der Waals surface area (Å²) in [6, 6.07) is 12.7. The van der Waals surface area contributed by atoms with Crippen molar-refractivity contribution in [3.63, 3.8) is 0 Å². The number of rotatable bonds is 5. The second-order valence-electron chi connectivity index (χ2n) is 5.93. The van der Waals surface area contributed by atoms with Crippen LogP contribution in [0.1, 0.15) is 38.2 Å². The summed E-state index contributed by atoms with van der Waals surface area (Å²) >= 11 is 1.21. The number of nitrogens with zero attached hydrogens (tertiary/aromatic N) is 2. The first kappa shape index (κ1) is 17.9. The van der Waals surface area contributed by atoms with Crippen LogP contribution in [0.2, 0.25) is 0 Å². The average molecular weight is 366 g/mol. The Bertz CT molecular complexity index is 933. The Morgan fingerprint density at radius 2 is 1.81 bits per heavy atom. The molecule has 0 radical (unpaired) electrons. The van der Waals surface area contributed by atoms with Crippen LogP contribution in [-0.4, -0.2) is 27.8 Å². The van der Waals surface area contributed by atoms with Crippen molar-refractivity contribution in [2.24, 2.45) is 0 Å². The number of ketones is 1. The molecule has 0 unspecified atom stereocenters. The third-order valence-corrected chi connectivity index (χ3v) is 5.02. The standard InChI is InChI=1S/C20H18N2O3S/c1-12-7-9-15(10-8-12)17(23)14(3)25-20(24)18-13(2)22-19(26-18)16-6-4-5-11-21-16/h4-11,14H,1-3H3/t14-/m0/s1. The molecule has 3 rings (SSSR count). The lowest BCUT2D eigenvalue weighted by Gasteiger charge is -2.12. The summed E-state index contributed by atoms with van der Waals surface area (Å²) in [7, 11) is 0. The van der Waals surface area contributed by atoms with E-state index in [0.717, 1.165) is 5.56 Å². The van der Waals surface area contributed by atoms with Gasteiger partial charge in [-0.05, 0) is 32.9 Å². The number of pyridine rings is 1. The smallest absolute Gasteiger partial charge is 0.350 e. The van der Waals surface area contributed by atoms with E-state index >= 15 is 0 Å². The van der Waals surface area contributed by atoms with Gasteiger partial charge in [0.1, 0.15) is 9.88 Å². The van der Waals surface area contributed by atoms with Gasteiger partial charge in [0, 0.05) is 11.8 Å². The van der Waals surface area contributed by atoms with Gasteiger partial charge in [-0.25, -0.2) is 9.78 Å². The summed E-state index contributed by atoms with van der Waals surface area (Å²) in [5.41, 5.74) is 2.85. The molecule has 26 heavy (non-hydrogen) atoms. The first-order chi connectivity index (χ1) is 12.5. The molecule has 0 aliphatic carbocycles. The largest absolute Gasteiger partial charge is 0.450 e. The number of carbonyl (C=O) groups excluding carboxylic acids is 2. The van der Waals surface area contributed by atoms with Gasteiger partial charge < -0.3 is 4.74 Å². The van der Waals surface area contributed by atoms with Crippen molar-refractivity contribution in [3.8, 4) is 10.7 Å². The van der Waals surface area contributed by atoms with E-state index in [0.29, 0.717) is 26.8 Å². The third-order valence-electron chi connectivity index (χ3n) is 3.86. The van der Waals surface area contributed by atoms with E-state index in [4.69, 9.17) is 4.74 Å². The van der Waals surface area contributed by atoms with Gasteiger partial charge in [-0.3, -0.25) is 9.78 Å². The van der Waals surface area contributed by atoms with E-state index in [-0.39, 0.29) is 5.78 Å². The van der Waals surface area contributed by atoms with Gasteiger partial charge in [-0.2, -0.15) is 0 Å². The molecular weight excluding hydrogens is 348 g/mol. The predicted molar refractivity (Wildman–Crippen MR) is 100 cm³/mol. The SMILES string of the molecule is Cc1ccc(C(=O)[C@H](C)OC(=O)c2sc(-c3ccccn3)nc2C)cc1. The minimum absolute atomic E-state index is 0.231. The highest BCUT2D eigenvalue weighted by atomic mass is 32.1. The molecule has 1 atom stereocenters. The first-order valence-electron chi connectivity index (χ1n) is 8.16. The fourth-order valence-corrected chi connectivity index (χ4v) is 3.33. The lowest BCUT2D eigenvalue weighted by molar-refractivity contribution is 0.0322. The van der Waals surface area contributed by atoms with Crippen LogP contribution in [0.5, 0.6) is 0 Å². The predicted octanol–water partition coefficient (Wildman–Crippen LogP) is 4.25. The molecule has 0 aliphatic heterocycles. The molecule has 0 bridgehead atoms. The van der Waals surface area contributed by atoms with Gasteiger partial charge in [-0.1, -0.05) is 35.9 Å². The molecule has 132 valence electrons. The zero-order chi connectivity index (χ0) is 18.7. The molecule has 0 amide bonds. The maximum Gasteiger partial charge on any atom is 0.350 e. The number of thiazole rings is 1. The van der Waals surface area contributed by atoms with Crippen LogP contribution in [0, 0.1) is 13.8 Å². The molecule has 2 aromatic heterocycles. The van der Waals surface area contributed by atoms with Crippen LogP contribution < -0.4 is 0 Å². The number of esters is 1. The summed E-state index contributed by atoms with van der Waals surface area (Å²) in [5.74, 6) is -0.777. The summed E-state index contributed by atoms with van der Waals surface area (Å²) in [5, 5.41) is 0.646. The molecule has 2 heterocycles. The van der Waals surface area contributed by atoms with Gasteiger partial charge in [0.25, 0.3) is 0 Å². The van der Waals surface area contributed by atoms with E-state index in [2.05, 4.69) is 9.97 Å². The molecule has 3 aromatic rings. The van der Waals surface area contributed by atoms with Crippen molar-refractivity contribution < 1.29 is 14.3 Å². The van der Waals surface area contributed by atoms with Crippen molar-refractivity contribution in [3.05, 3.63) is 70.4 Å². The molecule has 0 saturated carbocycles. The molecule has 0 saturated heterocycles. The van der Waals surface area contributed by atoms with E-state index in [1.165, 1.54) is 11.3 Å². The van der Waals surface area contributed by atoms with Gasteiger partial charge in [0.2, 0.25) is 5.78 Å². The summed E-state index contributed by atoms with van der Waals surface area (Å²) in [6.45, 7) is 5.27. The number of carbonyl (C=O) groups is 2. The quantitative estimate of drug-likeness (QED) is 0.499.